The van der Waals surface area contributed by atoms with Gasteiger partial charge in [0.05, 0.1) is 32.1 Å². The van der Waals surface area contributed by atoms with E-state index in [0.717, 1.165) is 34.1 Å². The van der Waals surface area contributed by atoms with Crippen molar-refractivity contribution in [3.63, 3.8) is 0 Å². The summed E-state index contributed by atoms with van der Waals surface area (Å²) in [7, 11) is 0. The molecule has 14 aromatic rings. The van der Waals surface area contributed by atoms with E-state index in [-0.39, 0.29) is 5.41 Å². The second-order valence-electron chi connectivity index (χ2n) is 20.1. The van der Waals surface area contributed by atoms with Gasteiger partial charge >= 0.3 is 0 Å². The van der Waals surface area contributed by atoms with Crippen molar-refractivity contribution in [2.24, 2.45) is 0 Å². The SMILES string of the molecule is CC(C)(C)c1cc2ccc3c(N(c4cccc(-c5ccccc5)c4)c4cccc5c4sc4ccccc45)cc(N(c4cccc(-c5ccccc5)c4)c4cccc5c4sc4ccccc45)c4ccc(c1)c2c34. The predicted molar refractivity (Wildman–Crippen MR) is 315 cm³/mol. The van der Waals surface area contributed by atoms with Crippen molar-refractivity contribution in [2.45, 2.75) is 26.2 Å². The van der Waals surface area contributed by atoms with Gasteiger partial charge in [-0.25, -0.2) is 0 Å². The van der Waals surface area contributed by atoms with Gasteiger partial charge in [-0.05, 0) is 104 Å². The summed E-state index contributed by atoms with van der Waals surface area (Å²) in [6, 6.07) is 88.3. The number of fused-ring (bicyclic) bond motifs is 6. The van der Waals surface area contributed by atoms with E-state index in [2.05, 4.69) is 267 Å². The van der Waals surface area contributed by atoms with Crippen LogP contribution in [0.1, 0.15) is 26.3 Å². The molecule has 0 aliphatic carbocycles. The fourth-order valence-electron chi connectivity index (χ4n) is 11.2. The average Bonchev–Trinajstić information content (AvgIpc) is 4.01. The van der Waals surface area contributed by atoms with E-state index in [9.17, 15) is 0 Å². The van der Waals surface area contributed by atoms with Gasteiger partial charge in [0, 0.05) is 58.5 Å². The Kier molecular flexibility index (Phi) is 9.86. The molecule has 0 bridgehead atoms. The Morgan fingerprint density at radius 3 is 1.19 bits per heavy atom. The number of anilines is 6. The third kappa shape index (κ3) is 6.89. The molecule has 72 heavy (non-hydrogen) atoms. The second-order valence-corrected chi connectivity index (χ2v) is 22.2. The summed E-state index contributed by atoms with van der Waals surface area (Å²) in [5.74, 6) is 0. The van der Waals surface area contributed by atoms with Gasteiger partial charge in [0.25, 0.3) is 0 Å². The molecule has 0 saturated heterocycles. The molecular formula is C68H48N2S2. The van der Waals surface area contributed by atoms with Crippen molar-refractivity contribution in [1.29, 1.82) is 0 Å². The minimum Gasteiger partial charge on any atom is -0.308 e. The van der Waals surface area contributed by atoms with Crippen LogP contribution in [0.15, 0.2) is 237 Å². The van der Waals surface area contributed by atoms with E-state index < -0.39 is 0 Å². The molecule has 0 fully saturated rings. The Morgan fingerprint density at radius 2 is 0.722 bits per heavy atom. The first-order chi connectivity index (χ1) is 35.3. The van der Waals surface area contributed by atoms with Crippen LogP contribution in [0.2, 0.25) is 0 Å². The van der Waals surface area contributed by atoms with Gasteiger partial charge in [-0.2, -0.15) is 0 Å². The summed E-state index contributed by atoms with van der Waals surface area (Å²) < 4.78 is 5.08. The zero-order valence-corrected chi connectivity index (χ0v) is 41.9. The van der Waals surface area contributed by atoms with Gasteiger partial charge in [0.2, 0.25) is 0 Å². The molecule has 0 amide bonds. The monoisotopic (exact) mass is 956 g/mol. The predicted octanol–water partition coefficient (Wildman–Crippen LogP) is 20.9. The molecule has 0 saturated carbocycles. The van der Waals surface area contributed by atoms with Crippen LogP contribution in [0, 0.1) is 0 Å². The fourth-order valence-corrected chi connectivity index (χ4v) is 13.6. The lowest BCUT2D eigenvalue weighted by atomic mass is 9.83. The Balaban J connectivity index is 1.14. The van der Waals surface area contributed by atoms with Gasteiger partial charge < -0.3 is 9.80 Å². The molecule has 12 aromatic carbocycles. The van der Waals surface area contributed by atoms with Crippen LogP contribution < -0.4 is 9.80 Å². The maximum absolute atomic E-state index is 2.57. The molecule has 0 radical (unpaired) electrons. The van der Waals surface area contributed by atoms with Crippen molar-refractivity contribution in [3.05, 3.63) is 242 Å². The molecule has 342 valence electrons. The maximum Gasteiger partial charge on any atom is 0.0640 e. The molecule has 2 nitrogen and oxygen atoms in total. The van der Waals surface area contributed by atoms with Gasteiger partial charge in [-0.1, -0.05) is 203 Å². The van der Waals surface area contributed by atoms with Crippen LogP contribution in [0.25, 0.3) is 94.9 Å². The zero-order valence-electron chi connectivity index (χ0n) is 40.2. The normalized spacial score (nSPS) is 12.1. The fraction of sp³-hybridized carbons (Fsp3) is 0.0588. The van der Waals surface area contributed by atoms with Gasteiger partial charge in [-0.15, -0.1) is 22.7 Å². The number of nitrogens with zero attached hydrogens (tertiary/aromatic N) is 2. The van der Waals surface area contributed by atoms with Crippen molar-refractivity contribution < 1.29 is 0 Å². The van der Waals surface area contributed by atoms with Crippen LogP contribution in [0.4, 0.5) is 34.1 Å². The maximum atomic E-state index is 2.57. The summed E-state index contributed by atoms with van der Waals surface area (Å²) in [4.78, 5) is 5.14. The highest BCUT2D eigenvalue weighted by molar-refractivity contribution is 7.26. The van der Waals surface area contributed by atoms with Crippen LogP contribution in [-0.2, 0) is 5.41 Å². The van der Waals surface area contributed by atoms with Crippen LogP contribution in [-0.4, -0.2) is 0 Å². The lowest BCUT2D eigenvalue weighted by molar-refractivity contribution is 0.591. The highest BCUT2D eigenvalue weighted by atomic mass is 32.1. The second kappa shape index (κ2) is 16.7. The average molecular weight is 957 g/mol. The first-order valence-electron chi connectivity index (χ1n) is 24.8. The lowest BCUT2D eigenvalue weighted by Gasteiger charge is -2.33. The minimum absolute atomic E-state index is 0.0201. The summed E-state index contributed by atoms with van der Waals surface area (Å²) in [5.41, 5.74) is 12.8. The highest BCUT2D eigenvalue weighted by Gasteiger charge is 2.28. The summed E-state index contributed by atoms with van der Waals surface area (Å²) in [6.07, 6.45) is 0. The standard InChI is InChI=1S/C68H48N2S2/c1-68(2,3)49-38-47-34-36-56-60(69(50-24-14-22-45(40-50)43-18-6-4-7-19-43)58-30-16-28-54-52-26-10-12-32-62(52)71-66(54)58)42-61(57-37-35-48(39-49)64(47)65(56)57)70(51-25-15-23-46(41-51)44-20-8-5-9-21-44)59-31-17-29-55-53-27-11-13-33-63(53)72-67(55)59/h4-42H,1-3H3. The lowest BCUT2D eigenvalue weighted by Crippen LogP contribution is -2.15. The Labute approximate surface area is 427 Å². The minimum atomic E-state index is -0.0201. The Morgan fingerprint density at radius 1 is 0.306 bits per heavy atom. The molecule has 4 heteroatoms. The van der Waals surface area contributed by atoms with Crippen LogP contribution >= 0.6 is 22.7 Å². The molecule has 14 rings (SSSR count). The number of hydrogen-bond acceptors (Lipinski definition) is 4. The number of hydrogen-bond donors (Lipinski definition) is 0. The summed E-state index contributed by atoms with van der Waals surface area (Å²) >= 11 is 3.76. The van der Waals surface area contributed by atoms with Crippen LogP contribution in [0.5, 0.6) is 0 Å². The van der Waals surface area contributed by atoms with E-state index in [1.54, 1.807) is 0 Å². The molecule has 0 aliphatic rings. The third-order valence-electron chi connectivity index (χ3n) is 14.7. The third-order valence-corrected chi connectivity index (χ3v) is 17.1. The number of thiophene rings is 2. The van der Waals surface area contributed by atoms with E-state index in [1.807, 2.05) is 22.7 Å². The largest absolute Gasteiger partial charge is 0.308 e. The van der Waals surface area contributed by atoms with Gasteiger partial charge in [-0.3, -0.25) is 0 Å². The topological polar surface area (TPSA) is 6.48 Å². The smallest absolute Gasteiger partial charge is 0.0640 e. The molecule has 0 N–H and O–H groups in total. The number of benzene rings is 12. The summed E-state index contributed by atoms with van der Waals surface area (Å²) in [5, 5.41) is 12.6. The van der Waals surface area contributed by atoms with Crippen molar-refractivity contribution in [1.82, 2.24) is 0 Å². The van der Waals surface area contributed by atoms with Crippen LogP contribution in [0.3, 0.4) is 0 Å². The van der Waals surface area contributed by atoms with E-state index in [1.165, 1.54) is 100 Å². The molecule has 0 aliphatic heterocycles. The van der Waals surface area contributed by atoms with E-state index in [4.69, 9.17) is 0 Å². The quantitative estimate of drug-likeness (QED) is 0.140. The van der Waals surface area contributed by atoms with Gasteiger partial charge in [0.1, 0.15) is 0 Å². The first-order valence-corrected chi connectivity index (χ1v) is 26.5. The Hall–Kier alpha value is -8.28. The molecule has 2 aromatic heterocycles. The van der Waals surface area contributed by atoms with E-state index >= 15 is 0 Å². The first kappa shape index (κ1) is 42.6. The zero-order chi connectivity index (χ0) is 48.1. The number of rotatable bonds is 8. The van der Waals surface area contributed by atoms with E-state index in [0.29, 0.717) is 0 Å². The Bertz CT molecular complexity index is 4120. The molecule has 0 spiro atoms. The van der Waals surface area contributed by atoms with Gasteiger partial charge in [0.15, 0.2) is 0 Å². The summed E-state index contributed by atoms with van der Waals surface area (Å²) in [6.45, 7) is 6.96. The van der Waals surface area contributed by atoms with Crippen molar-refractivity contribution >= 4 is 129 Å². The molecule has 0 atom stereocenters. The molecular weight excluding hydrogens is 909 g/mol. The highest BCUT2D eigenvalue weighted by Crippen LogP contribution is 2.54. The van der Waals surface area contributed by atoms with Crippen molar-refractivity contribution in [2.75, 3.05) is 9.80 Å². The molecule has 0 unspecified atom stereocenters. The molecule has 2 heterocycles. The van der Waals surface area contributed by atoms with Crippen molar-refractivity contribution in [3.8, 4) is 22.3 Å².